The van der Waals surface area contributed by atoms with E-state index in [1.165, 1.54) is 6.20 Å². The van der Waals surface area contributed by atoms with E-state index in [1.807, 2.05) is 6.92 Å². The minimum absolute atomic E-state index is 0.000694. The van der Waals surface area contributed by atoms with Crippen molar-refractivity contribution in [1.82, 2.24) is 0 Å². The molecule has 2 heteroatoms. The number of hydrogen-bond donors (Lipinski definition) is 0. The third-order valence-corrected chi connectivity index (χ3v) is 1.14. The van der Waals surface area contributed by atoms with E-state index in [-0.39, 0.29) is 5.41 Å². The maximum Gasteiger partial charge on any atom is 0.133 e. The Hall–Kier alpha value is -0.920. The van der Waals surface area contributed by atoms with Gasteiger partial charge in [0.15, 0.2) is 0 Å². The lowest BCUT2D eigenvalue weighted by molar-refractivity contribution is 0.585. The topological polar surface area (TPSA) is 24.7 Å². The third-order valence-electron chi connectivity index (χ3n) is 1.14. The normalized spacial score (nSPS) is 14.0. The molecule has 0 aliphatic rings. The van der Waals surface area contributed by atoms with Gasteiger partial charge >= 0.3 is 0 Å². The van der Waals surface area contributed by atoms with Crippen molar-refractivity contribution in [2.24, 2.45) is 15.4 Å². The molecule has 11 heavy (non-hydrogen) atoms. The van der Waals surface area contributed by atoms with Crippen LogP contribution in [0.4, 0.5) is 0 Å². The van der Waals surface area contributed by atoms with Gasteiger partial charge in [-0.05, 0) is 6.92 Å². The van der Waals surface area contributed by atoms with Crippen molar-refractivity contribution in [3.05, 3.63) is 12.8 Å². The molecule has 0 aliphatic heterocycles. The standard InChI is InChI=1S/C9H16N2/c1-6-10-8(11-7-2)9(3,4)5/h6-7H,1H2,2-5H3. The van der Waals surface area contributed by atoms with E-state index >= 15 is 0 Å². The van der Waals surface area contributed by atoms with Crippen molar-refractivity contribution in [2.75, 3.05) is 0 Å². The summed E-state index contributed by atoms with van der Waals surface area (Å²) >= 11 is 0. The summed E-state index contributed by atoms with van der Waals surface area (Å²) in [6.07, 6.45) is 3.27. The number of hydrogen-bond acceptors (Lipinski definition) is 1. The van der Waals surface area contributed by atoms with Crippen molar-refractivity contribution in [3.8, 4) is 0 Å². The molecule has 0 heterocycles. The molecule has 0 aliphatic carbocycles. The van der Waals surface area contributed by atoms with Gasteiger partial charge in [0.2, 0.25) is 0 Å². The van der Waals surface area contributed by atoms with Crippen LogP contribution in [0.15, 0.2) is 22.8 Å². The van der Waals surface area contributed by atoms with Crippen molar-refractivity contribution >= 4 is 12.1 Å². The summed E-state index contributed by atoms with van der Waals surface area (Å²) in [6, 6.07) is 0. The molecule has 0 unspecified atom stereocenters. The zero-order valence-corrected chi connectivity index (χ0v) is 7.76. The Morgan fingerprint density at radius 1 is 1.36 bits per heavy atom. The van der Waals surface area contributed by atoms with Crippen LogP contribution in [0.2, 0.25) is 0 Å². The Kier molecular flexibility index (Phi) is 3.72. The molecule has 62 valence electrons. The van der Waals surface area contributed by atoms with Crippen molar-refractivity contribution in [3.63, 3.8) is 0 Å². The molecule has 0 bridgehead atoms. The first-order chi connectivity index (χ1) is 5.02. The summed E-state index contributed by atoms with van der Waals surface area (Å²) in [5, 5.41) is 0. The molecule has 0 fully saturated rings. The molecule has 0 atom stereocenters. The van der Waals surface area contributed by atoms with Crippen LogP contribution in [-0.4, -0.2) is 12.1 Å². The van der Waals surface area contributed by atoms with E-state index in [9.17, 15) is 0 Å². The Morgan fingerprint density at radius 2 is 1.91 bits per heavy atom. The van der Waals surface area contributed by atoms with E-state index in [4.69, 9.17) is 0 Å². The maximum atomic E-state index is 4.14. The first kappa shape index (κ1) is 10.1. The average Bonchev–Trinajstić information content (AvgIpc) is 1.85. The van der Waals surface area contributed by atoms with Crippen LogP contribution in [-0.2, 0) is 0 Å². The molecule has 0 radical (unpaired) electrons. The Bertz CT molecular complexity index is 182. The second kappa shape index (κ2) is 4.06. The average molecular weight is 152 g/mol. The molecule has 0 saturated heterocycles. The lowest BCUT2D eigenvalue weighted by Crippen LogP contribution is -2.17. The summed E-state index contributed by atoms with van der Waals surface area (Å²) in [4.78, 5) is 8.21. The zero-order chi connectivity index (χ0) is 8.91. The monoisotopic (exact) mass is 152 g/mol. The Morgan fingerprint density at radius 3 is 2.18 bits per heavy atom. The highest BCUT2D eigenvalue weighted by molar-refractivity contribution is 5.93. The second-order valence-electron chi connectivity index (χ2n) is 3.27. The summed E-state index contributed by atoms with van der Waals surface area (Å²) < 4.78 is 0. The van der Waals surface area contributed by atoms with E-state index < -0.39 is 0 Å². The van der Waals surface area contributed by atoms with Crippen LogP contribution >= 0.6 is 0 Å². The number of nitrogens with zero attached hydrogens (tertiary/aromatic N) is 2. The van der Waals surface area contributed by atoms with Gasteiger partial charge in [-0.15, -0.1) is 0 Å². The number of rotatable bonds is 1. The number of aliphatic imine (C=N–C) groups is 2. The van der Waals surface area contributed by atoms with Gasteiger partial charge in [-0.25, -0.2) is 9.98 Å². The zero-order valence-electron chi connectivity index (χ0n) is 7.76. The molecular weight excluding hydrogens is 136 g/mol. The van der Waals surface area contributed by atoms with Gasteiger partial charge in [-0.1, -0.05) is 27.4 Å². The van der Waals surface area contributed by atoms with E-state index in [0.29, 0.717) is 0 Å². The van der Waals surface area contributed by atoms with Crippen LogP contribution in [0.3, 0.4) is 0 Å². The Balaban J connectivity index is 4.61. The third kappa shape index (κ3) is 3.71. The predicted molar refractivity (Wildman–Crippen MR) is 51.3 cm³/mol. The molecule has 0 spiro atoms. The molecule has 0 amide bonds. The molecule has 0 aromatic carbocycles. The first-order valence-corrected chi connectivity index (χ1v) is 3.70. The SMILES string of the molecule is C=CN=C(N=CC)C(C)(C)C. The van der Waals surface area contributed by atoms with Crippen LogP contribution in [0.1, 0.15) is 27.7 Å². The smallest absolute Gasteiger partial charge is 0.133 e. The maximum absolute atomic E-state index is 4.14. The fourth-order valence-corrected chi connectivity index (χ4v) is 0.629. The van der Waals surface area contributed by atoms with E-state index in [2.05, 4.69) is 37.3 Å². The Labute approximate surface area is 68.8 Å². The fourth-order valence-electron chi connectivity index (χ4n) is 0.629. The van der Waals surface area contributed by atoms with Gasteiger partial charge in [0.25, 0.3) is 0 Å². The first-order valence-electron chi connectivity index (χ1n) is 3.70. The van der Waals surface area contributed by atoms with Crippen LogP contribution < -0.4 is 0 Å². The molecule has 0 N–H and O–H groups in total. The van der Waals surface area contributed by atoms with Gasteiger partial charge in [-0.3, -0.25) is 0 Å². The molecular formula is C9H16N2. The molecule has 0 rings (SSSR count). The van der Waals surface area contributed by atoms with Crippen molar-refractivity contribution < 1.29 is 0 Å². The summed E-state index contributed by atoms with van der Waals surface area (Å²) in [6.45, 7) is 11.6. The van der Waals surface area contributed by atoms with Crippen LogP contribution in [0.25, 0.3) is 0 Å². The molecule has 2 nitrogen and oxygen atoms in total. The lowest BCUT2D eigenvalue weighted by atomic mass is 9.95. The van der Waals surface area contributed by atoms with Crippen LogP contribution in [0.5, 0.6) is 0 Å². The molecule has 0 aromatic heterocycles. The molecule has 0 aromatic rings. The van der Waals surface area contributed by atoms with Gasteiger partial charge in [0, 0.05) is 17.8 Å². The van der Waals surface area contributed by atoms with Crippen molar-refractivity contribution in [1.29, 1.82) is 0 Å². The minimum atomic E-state index is 0.000694. The van der Waals surface area contributed by atoms with Gasteiger partial charge < -0.3 is 0 Å². The highest BCUT2D eigenvalue weighted by Crippen LogP contribution is 2.16. The quantitative estimate of drug-likeness (QED) is 0.407. The highest BCUT2D eigenvalue weighted by atomic mass is 14.9. The lowest BCUT2D eigenvalue weighted by Gasteiger charge is -2.16. The minimum Gasteiger partial charge on any atom is -0.246 e. The fraction of sp³-hybridized carbons (Fsp3) is 0.556. The van der Waals surface area contributed by atoms with E-state index in [1.54, 1.807) is 6.21 Å². The van der Waals surface area contributed by atoms with Gasteiger partial charge in [0.1, 0.15) is 5.84 Å². The van der Waals surface area contributed by atoms with E-state index in [0.717, 1.165) is 5.84 Å². The second-order valence-corrected chi connectivity index (χ2v) is 3.27. The summed E-state index contributed by atoms with van der Waals surface area (Å²) in [5.74, 6) is 0.815. The summed E-state index contributed by atoms with van der Waals surface area (Å²) in [5.41, 5.74) is 0.000694. The highest BCUT2D eigenvalue weighted by Gasteiger charge is 2.16. The molecule has 0 saturated carbocycles. The predicted octanol–water partition coefficient (Wildman–Crippen LogP) is 2.67. The van der Waals surface area contributed by atoms with Gasteiger partial charge in [-0.2, -0.15) is 0 Å². The number of amidine groups is 1. The van der Waals surface area contributed by atoms with Crippen molar-refractivity contribution in [2.45, 2.75) is 27.7 Å². The summed E-state index contributed by atoms with van der Waals surface area (Å²) in [7, 11) is 0. The largest absolute Gasteiger partial charge is 0.246 e. The van der Waals surface area contributed by atoms with Crippen LogP contribution in [0, 0.1) is 5.41 Å². The van der Waals surface area contributed by atoms with Gasteiger partial charge in [0.05, 0.1) is 0 Å².